The molecule has 0 rings (SSSR count). The molecule has 86 valence electrons. The molecule has 5 nitrogen and oxygen atoms in total. The monoisotopic (exact) mass is 225 g/mol. The van der Waals surface area contributed by atoms with E-state index in [1.54, 1.807) is 0 Å². The van der Waals surface area contributed by atoms with Crippen LogP contribution in [0.1, 0.15) is 13.8 Å². The molecule has 0 aliphatic rings. The van der Waals surface area contributed by atoms with Crippen molar-refractivity contribution in [3.8, 4) is 0 Å². The van der Waals surface area contributed by atoms with E-state index in [2.05, 4.69) is 0 Å². The molecule has 0 aromatic carbocycles. The number of nitrogens with zero attached hydrogens (tertiary/aromatic N) is 1. The summed E-state index contributed by atoms with van der Waals surface area (Å²) in [7, 11) is -3.90. The molecule has 0 amide bonds. The van der Waals surface area contributed by atoms with Gasteiger partial charge >= 0.3 is 0 Å². The minimum atomic E-state index is -3.90. The van der Waals surface area contributed by atoms with Gasteiger partial charge in [0.1, 0.15) is 0 Å². The molecule has 0 radical (unpaired) electrons. The van der Waals surface area contributed by atoms with Gasteiger partial charge in [-0.15, -0.1) is 0 Å². The van der Waals surface area contributed by atoms with Crippen LogP contribution in [0.5, 0.6) is 0 Å². The largest absolute Gasteiger partial charge is 0.395 e. The Kier molecular flexibility index (Phi) is 6.26. The molecule has 0 aliphatic heterocycles. The highest BCUT2D eigenvalue weighted by molar-refractivity contribution is 7.85. The van der Waals surface area contributed by atoms with Crippen molar-refractivity contribution in [3.63, 3.8) is 0 Å². The quantitative estimate of drug-likeness (QED) is 0.588. The Morgan fingerprint density at radius 2 is 1.86 bits per heavy atom. The van der Waals surface area contributed by atoms with Crippen molar-refractivity contribution < 1.29 is 18.1 Å². The summed E-state index contributed by atoms with van der Waals surface area (Å²) in [6.45, 7) is 5.44. The van der Waals surface area contributed by atoms with Gasteiger partial charge in [0.25, 0.3) is 10.1 Å². The molecule has 0 aliphatic carbocycles. The fourth-order valence-electron chi connectivity index (χ4n) is 1.20. The van der Waals surface area contributed by atoms with Crippen LogP contribution in [-0.4, -0.2) is 55.0 Å². The van der Waals surface area contributed by atoms with Gasteiger partial charge in [0.15, 0.2) is 0 Å². The van der Waals surface area contributed by atoms with Crippen molar-refractivity contribution in [1.82, 2.24) is 4.90 Å². The molecule has 0 unspecified atom stereocenters. The van der Waals surface area contributed by atoms with Crippen LogP contribution in [0.15, 0.2) is 0 Å². The first-order valence-corrected chi connectivity index (χ1v) is 6.24. The molecule has 2 N–H and O–H groups in total. The highest BCUT2D eigenvalue weighted by Gasteiger charge is 2.11. The van der Waals surface area contributed by atoms with Gasteiger partial charge < -0.3 is 5.11 Å². The Bertz CT molecular complexity index is 238. The number of aliphatic hydroxyl groups excluding tert-OH is 1. The first kappa shape index (κ1) is 13.8. The average molecular weight is 225 g/mol. The number of hydrogen-bond acceptors (Lipinski definition) is 4. The molecule has 0 atom stereocenters. The van der Waals surface area contributed by atoms with Gasteiger partial charge in [-0.05, 0) is 5.92 Å². The number of aliphatic hydroxyl groups is 1. The van der Waals surface area contributed by atoms with Gasteiger partial charge in [-0.2, -0.15) is 8.42 Å². The molecule has 0 spiro atoms. The van der Waals surface area contributed by atoms with Crippen molar-refractivity contribution in [1.29, 1.82) is 0 Å². The second-order valence-corrected chi connectivity index (χ2v) is 5.28. The Morgan fingerprint density at radius 3 is 2.21 bits per heavy atom. The smallest absolute Gasteiger partial charge is 0.266 e. The van der Waals surface area contributed by atoms with Crippen LogP contribution >= 0.6 is 0 Å². The van der Waals surface area contributed by atoms with Crippen molar-refractivity contribution in [2.24, 2.45) is 5.92 Å². The second-order valence-electron chi connectivity index (χ2n) is 3.70. The van der Waals surface area contributed by atoms with Crippen LogP contribution < -0.4 is 0 Å². The summed E-state index contributed by atoms with van der Waals surface area (Å²) < 4.78 is 29.5. The first-order valence-electron chi connectivity index (χ1n) is 4.63. The lowest BCUT2D eigenvalue weighted by molar-refractivity contribution is 0.188. The van der Waals surface area contributed by atoms with E-state index >= 15 is 0 Å². The van der Waals surface area contributed by atoms with Crippen molar-refractivity contribution in [2.75, 3.05) is 32.0 Å². The standard InChI is InChI=1S/C8H19NO4S/c1-8(2)7-9(3-5-10)4-6-14(11,12)13/h8,10H,3-7H2,1-2H3,(H,11,12,13). The van der Waals surface area contributed by atoms with E-state index in [1.807, 2.05) is 18.7 Å². The third-order valence-electron chi connectivity index (χ3n) is 1.71. The zero-order valence-electron chi connectivity index (χ0n) is 8.68. The summed E-state index contributed by atoms with van der Waals surface area (Å²) in [5, 5.41) is 8.73. The summed E-state index contributed by atoms with van der Waals surface area (Å²) >= 11 is 0. The van der Waals surface area contributed by atoms with Gasteiger partial charge in [0, 0.05) is 19.6 Å². The molecular weight excluding hydrogens is 206 g/mol. The fraction of sp³-hybridized carbons (Fsp3) is 1.00. The lowest BCUT2D eigenvalue weighted by Gasteiger charge is -2.22. The zero-order chi connectivity index (χ0) is 11.2. The summed E-state index contributed by atoms with van der Waals surface area (Å²) in [6, 6.07) is 0. The molecule has 0 bridgehead atoms. The molecule has 0 fully saturated rings. The maximum absolute atomic E-state index is 10.5. The zero-order valence-corrected chi connectivity index (χ0v) is 9.50. The third-order valence-corrected chi connectivity index (χ3v) is 2.40. The predicted octanol–water partition coefficient (Wildman–Crippen LogP) is -0.175. The van der Waals surface area contributed by atoms with Crippen molar-refractivity contribution in [3.05, 3.63) is 0 Å². The van der Waals surface area contributed by atoms with Gasteiger partial charge in [-0.25, -0.2) is 0 Å². The molecular formula is C8H19NO4S. The molecule has 0 heterocycles. The minimum absolute atomic E-state index is 0.00179. The van der Waals surface area contributed by atoms with Crippen molar-refractivity contribution in [2.45, 2.75) is 13.8 Å². The number of rotatable bonds is 7. The topological polar surface area (TPSA) is 77.8 Å². The lowest BCUT2D eigenvalue weighted by Crippen LogP contribution is -2.34. The second kappa shape index (κ2) is 6.34. The molecule has 0 aromatic heterocycles. The van der Waals surface area contributed by atoms with E-state index in [9.17, 15) is 8.42 Å². The SMILES string of the molecule is CC(C)CN(CCO)CCS(=O)(=O)O. The van der Waals surface area contributed by atoms with E-state index in [0.29, 0.717) is 12.5 Å². The van der Waals surface area contributed by atoms with Gasteiger partial charge in [0.2, 0.25) is 0 Å². The van der Waals surface area contributed by atoms with Gasteiger partial charge in [-0.1, -0.05) is 13.8 Å². The molecule has 6 heteroatoms. The first-order chi connectivity index (χ1) is 6.35. The predicted molar refractivity (Wildman–Crippen MR) is 54.8 cm³/mol. The fourth-order valence-corrected chi connectivity index (χ4v) is 1.69. The highest BCUT2D eigenvalue weighted by Crippen LogP contribution is 1.98. The third kappa shape index (κ3) is 8.43. The van der Waals surface area contributed by atoms with Crippen LogP contribution in [0, 0.1) is 5.92 Å². The van der Waals surface area contributed by atoms with Crippen molar-refractivity contribution >= 4 is 10.1 Å². The summed E-state index contributed by atoms with van der Waals surface area (Å²) in [4.78, 5) is 1.82. The normalized spacial score (nSPS) is 12.7. The van der Waals surface area contributed by atoms with E-state index in [-0.39, 0.29) is 18.9 Å². The molecule has 0 saturated heterocycles. The Balaban J connectivity index is 3.96. The highest BCUT2D eigenvalue weighted by atomic mass is 32.2. The van der Waals surface area contributed by atoms with Gasteiger partial charge in [-0.3, -0.25) is 9.45 Å². The number of hydrogen-bond donors (Lipinski definition) is 2. The van der Waals surface area contributed by atoms with Crippen LogP contribution in [0.4, 0.5) is 0 Å². The summed E-state index contributed by atoms with van der Waals surface area (Å²) in [5.74, 6) is 0.127. The average Bonchev–Trinajstić information content (AvgIpc) is 1.98. The lowest BCUT2D eigenvalue weighted by atomic mass is 10.2. The molecule has 14 heavy (non-hydrogen) atoms. The molecule has 0 aromatic rings. The minimum Gasteiger partial charge on any atom is -0.395 e. The summed E-state index contributed by atoms with van der Waals surface area (Å²) in [6.07, 6.45) is 0. The van der Waals surface area contributed by atoms with Crippen LogP contribution in [-0.2, 0) is 10.1 Å². The Morgan fingerprint density at radius 1 is 1.29 bits per heavy atom. The van der Waals surface area contributed by atoms with Gasteiger partial charge in [0.05, 0.1) is 12.4 Å². The van der Waals surface area contributed by atoms with E-state index in [4.69, 9.17) is 9.66 Å². The van der Waals surface area contributed by atoms with E-state index in [1.165, 1.54) is 0 Å². The Labute approximate surface area is 85.5 Å². The van der Waals surface area contributed by atoms with E-state index in [0.717, 1.165) is 6.54 Å². The van der Waals surface area contributed by atoms with Crippen LogP contribution in [0.2, 0.25) is 0 Å². The summed E-state index contributed by atoms with van der Waals surface area (Å²) in [5.41, 5.74) is 0. The maximum atomic E-state index is 10.5. The van der Waals surface area contributed by atoms with Crippen LogP contribution in [0.3, 0.4) is 0 Å². The van der Waals surface area contributed by atoms with Crippen LogP contribution in [0.25, 0.3) is 0 Å². The maximum Gasteiger partial charge on any atom is 0.266 e. The molecule has 0 saturated carbocycles. The Hall–Kier alpha value is -0.170. The van der Waals surface area contributed by atoms with E-state index < -0.39 is 10.1 Å².